The van der Waals surface area contributed by atoms with E-state index in [0.29, 0.717) is 12.2 Å². The molecule has 2 aliphatic carbocycles. The lowest BCUT2D eigenvalue weighted by atomic mass is 9.70. The highest BCUT2D eigenvalue weighted by Gasteiger charge is 2.49. The Morgan fingerprint density at radius 1 is 0.923 bits per heavy atom. The van der Waals surface area contributed by atoms with E-state index in [2.05, 4.69) is 41.3 Å². The summed E-state index contributed by atoms with van der Waals surface area (Å²) in [6.45, 7) is 3.58. The van der Waals surface area contributed by atoms with Crippen molar-refractivity contribution in [3.8, 4) is 0 Å². The molecule has 0 amide bonds. The van der Waals surface area contributed by atoms with Crippen LogP contribution in [0.25, 0.3) is 5.57 Å². The van der Waals surface area contributed by atoms with Crippen LogP contribution in [-0.2, 0) is 4.74 Å². The minimum Gasteiger partial charge on any atom is -0.374 e. The molecule has 0 N–H and O–H groups in total. The van der Waals surface area contributed by atoms with E-state index >= 15 is 0 Å². The van der Waals surface area contributed by atoms with Crippen LogP contribution in [0.5, 0.6) is 0 Å². The molecule has 140 valence electrons. The normalized spacial score (nSPS) is 37.7. The maximum atomic E-state index is 6.67. The van der Waals surface area contributed by atoms with Crippen LogP contribution in [0.2, 0.25) is 0 Å². The van der Waals surface area contributed by atoms with Crippen molar-refractivity contribution in [3.63, 3.8) is 0 Å². The topological polar surface area (TPSA) is 12.5 Å². The molecule has 5 rings (SSSR count). The van der Waals surface area contributed by atoms with Gasteiger partial charge in [0.25, 0.3) is 0 Å². The summed E-state index contributed by atoms with van der Waals surface area (Å²) in [5.41, 5.74) is 2.94. The molecule has 4 aliphatic rings. The Morgan fingerprint density at radius 3 is 2.62 bits per heavy atom. The van der Waals surface area contributed by atoms with Crippen molar-refractivity contribution in [1.29, 1.82) is 0 Å². The molecule has 0 radical (unpaired) electrons. The lowest BCUT2D eigenvalue weighted by Gasteiger charge is -2.38. The molecule has 0 bridgehead atoms. The van der Waals surface area contributed by atoms with Gasteiger partial charge in [-0.3, -0.25) is 4.90 Å². The largest absolute Gasteiger partial charge is 0.374 e. The average molecular weight is 352 g/mol. The zero-order chi connectivity index (χ0) is 17.3. The summed E-state index contributed by atoms with van der Waals surface area (Å²) in [6.07, 6.45) is 14.7. The van der Waals surface area contributed by atoms with Crippen LogP contribution in [-0.4, -0.2) is 36.7 Å². The first kappa shape index (κ1) is 17.0. The molecule has 2 nitrogen and oxygen atoms in total. The van der Waals surface area contributed by atoms with Gasteiger partial charge in [0.15, 0.2) is 0 Å². The van der Waals surface area contributed by atoms with Gasteiger partial charge in [0.1, 0.15) is 0 Å². The molecule has 2 saturated carbocycles. The second-order valence-corrected chi connectivity index (χ2v) is 9.05. The molecule has 2 heterocycles. The van der Waals surface area contributed by atoms with Crippen molar-refractivity contribution in [3.05, 3.63) is 42.0 Å². The Kier molecular flexibility index (Phi) is 4.89. The predicted octanol–water partition coefficient (Wildman–Crippen LogP) is 5.15. The van der Waals surface area contributed by atoms with Gasteiger partial charge in [-0.2, -0.15) is 0 Å². The molecule has 1 aromatic rings. The summed E-state index contributed by atoms with van der Waals surface area (Å²) in [5.74, 6) is 2.53. The average Bonchev–Trinajstić information content (AvgIpc) is 3.09. The van der Waals surface area contributed by atoms with E-state index in [9.17, 15) is 0 Å². The molecule has 0 spiro atoms. The summed E-state index contributed by atoms with van der Waals surface area (Å²) in [6, 6.07) is 10.9. The third-order valence-corrected chi connectivity index (χ3v) is 7.57. The lowest BCUT2D eigenvalue weighted by molar-refractivity contribution is -0.0328. The third kappa shape index (κ3) is 3.27. The quantitative estimate of drug-likeness (QED) is 0.747. The molecular weight excluding hydrogens is 318 g/mol. The van der Waals surface area contributed by atoms with E-state index in [0.717, 1.165) is 24.3 Å². The molecule has 26 heavy (non-hydrogen) atoms. The summed E-state index contributed by atoms with van der Waals surface area (Å²) < 4.78 is 6.67. The van der Waals surface area contributed by atoms with E-state index < -0.39 is 0 Å². The van der Waals surface area contributed by atoms with Crippen LogP contribution >= 0.6 is 0 Å². The van der Waals surface area contributed by atoms with E-state index in [4.69, 9.17) is 4.74 Å². The first-order valence-electron chi connectivity index (χ1n) is 11.0. The predicted molar refractivity (Wildman–Crippen MR) is 107 cm³/mol. The van der Waals surface area contributed by atoms with Gasteiger partial charge in [0.05, 0.1) is 12.2 Å². The van der Waals surface area contributed by atoms with E-state index in [1.807, 2.05) is 0 Å². The molecule has 2 heteroatoms. The molecule has 1 saturated heterocycles. The van der Waals surface area contributed by atoms with E-state index in [-0.39, 0.29) is 0 Å². The number of nitrogens with zero attached hydrogens (tertiary/aromatic N) is 1. The lowest BCUT2D eigenvalue weighted by Crippen LogP contribution is -2.42. The smallest absolute Gasteiger partial charge is 0.0651 e. The summed E-state index contributed by atoms with van der Waals surface area (Å²) >= 11 is 0. The number of benzene rings is 1. The third-order valence-electron chi connectivity index (χ3n) is 7.57. The van der Waals surface area contributed by atoms with E-state index in [1.54, 1.807) is 0 Å². The molecular formula is C24H33NO. The van der Waals surface area contributed by atoms with Crippen molar-refractivity contribution >= 4 is 5.57 Å². The van der Waals surface area contributed by atoms with Crippen molar-refractivity contribution in [2.45, 2.75) is 63.6 Å². The summed E-state index contributed by atoms with van der Waals surface area (Å²) in [4.78, 5) is 2.69. The number of fused-ring (bicyclic) bond motifs is 3. The zero-order valence-electron chi connectivity index (χ0n) is 16.0. The molecule has 5 atom stereocenters. The van der Waals surface area contributed by atoms with Crippen LogP contribution in [0.3, 0.4) is 0 Å². The Hall–Kier alpha value is -1.12. The van der Waals surface area contributed by atoms with Crippen molar-refractivity contribution in [1.82, 2.24) is 4.90 Å². The van der Waals surface area contributed by atoms with Gasteiger partial charge in [-0.25, -0.2) is 0 Å². The van der Waals surface area contributed by atoms with E-state index in [1.165, 1.54) is 75.6 Å². The molecule has 5 unspecified atom stereocenters. The maximum absolute atomic E-state index is 6.67. The maximum Gasteiger partial charge on any atom is 0.0651 e. The van der Waals surface area contributed by atoms with Crippen LogP contribution in [0.1, 0.15) is 56.9 Å². The highest BCUT2D eigenvalue weighted by atomic mass is 16.5. The standard InChI is InChI=1S/C24H33NO/c1-2-7-18(8-3-1)19-13-15-25(16-14-19)17-20-9-6-11-22-21-10-4-5-12-23(21)26-24(20)22/h1-3,7-8,13,20-24H,4-6,9-12,14-17H2. The van der Waals surface area contributed by atoms with Crippen molar-refractivity contribution in [2.24, 2.45) is 17.8 Å². The van der Waals surface area contributed by atoms with Gasteiger partial charge in [0.2, 0.25) is 0 Å². The number of hydrogen-bond acceptors (Lipinski definition) is 2. The van der Waals surface area contributed by atoms with Crippen molar-refractivity contribution < 1.29 is 4.74 Å². The number of ether oxygens (including phenoxy) is 1. The van der Waals surface area contributed by atoms with Gasteiger partial charge in [-0.1, -0.05) is 55.7 Å². The van der Waals surface area contributed by atoms with Gasteiger partial charge in [-0.05, 0) is 61.0 Å². The van der Waals surface area contributed by atoms with Gasteiger partial charge < -0.3 is 4.74 Å². The van der Waals surface area contributed by atoms with Gasteiger partial charge >= 0.3 is 0 Å². The van der Waals surface area contributed by atoms with Crippen LogP contribution in [0, 0.1) is 17.8 Å². The molecule has 0 aromatic heterocycles. The van der Waals surface area contributed by atoms with Gasteiger partial charge in [0, 0.05) is 19.6 Å². The fourth-order valence-electron chi connectivity index (χ4n) is 6.27. The fraction of sp³-hybridized carbons (Fsp3) is 0.667. The Morgan fingerprint density at radius 2 is 1.77 bits per heavy atom. The highest BCUT2D eigenvalue weighted by Crippen LogP contribution is 2.49. The summed E-state index contributed by atoms with van der Waals surface area (Å²) in [7, 11) is 0. The zero-order valence-corrected chi connectivity index (χ0v) is 16.0. The minimum absolute atomic E-state index is 0.566. The van der Waals surface area contributed by atoms with Gasteiger partial charge in [-0.15, -0.1) is 0 Å². The SMILES string of the molecule is C1=C(c2ccccc2)CCN(CC2CCCC3C4CCCCC4OC23)C1. The number of rotatable bonds is 3. The molecule has 2 aliphatic heterocycles. The summed E-state index contributed by atoms with van der Waals surface area (Å²) in [5, 5.41) is 0. The number of hydrogen-bond donors (Lipinski definition) is 0. The Balaban J connectivity index is 1.22. The molecule has 3 fully saturated rings. The minimum atomic E-state index is 0.566. The molecule has 1 aromatic carbocycles. The Bertz CT molecular complexity index is 639. The van der Waals surface area contributed by atoms with Crippen molar-refractivity contribution in [2.75, 3.05) is 19.6 Å². The fourth-order valence-corrected chi connectivity index (χ4v) is 6.27. The first-order valence-corrected chi connectivity index (χ1v) is 11.0. The van der Waals surface area contributed by atoms with Crippen LogP contribution in [0.15, 0.2) is 36.4 Å². The second-order valence-electron chi connectivity index (χ2n) is 9.05. The second kappa shape index (κ2) is 7.48. The first-order chi connectivity index (χ1) is 12.9. The van der Waals surface area contributed by atoms with Crippen LogP contribution in [0.4, 0.5) is 0 Å². The monoisotopic (exact) mass is 351 g/mol. The highest BCUT2D eigenvalue weighted by molar-refractivity contribution is 5.66. The van der Waals surface area contributed by atoms with Crippen LogP contribution < -0.4 is 0 Å². The Labute approximate surface area is 158 Å².